The van der Waals surface area contributed by atoms with Gasteiger partial charge < -0.3 is 0 Å². The number of hydrogen-bond donors (Lipinski definition) is 0. The molecular formula is C34H28O2Pd. The third-order valence-corrected chi connectivity index (χ3v) is 9.04. The van der Waals surface area contributed by atoms with E-state index in [2.05, 4.69) is 72.8 Å². The van der Waals surface area contributed by atoms with Gasteiger partial charge in [-0.05, 0) is 70.2 Å². The molecule has 0 heterocycles. The Labute approximate surface area is 231 Å². The maximum Gasteiger partial charge on any atom is 0.148 e. The van der Waals surface area contributed by atoms with E-state index in [1.807, 2.05) is 24.3 Å². The van der Waals surface area contributed by atoms with Gasteiger partial charge in [0, 0.05) is 33.3 Å². The van der Waals surface area contributed by atoms with E-state index in [4.69, 9.17) is 0 Å². The molecule has 2 spiro atoms. The van der Waals surface area contributed by atoms with Crippen molar-refractivity contribution in [3.05, 3.63) is 142 Å². The van der Waals surface area contributed by atoms with Crippen molar-refractivity contribution >= 4 is 11.6 Å². The number of carbonyl (C=O) groups excluding carboxylic acids is 2. The molecule has 4 aromatic rings. The molecule has 8 rings (SSSR count). The second-order valence-corrected chi connectivity index (χ2v) is 10.9. The quantitative estimate of drug-likeness (QED) is 0.253. The van der Waals surface area contributed by atoms with Gasteiger partial charge >= 0.3 is 0 Å². The van der Waals surface area contributed by atoms with Crippen LogP contribution < -0.4 is 0 Å². The summed E-state index contributed by atoms with van der Waals surface area (Å²) in [5.74, 6) is 0.805. The molecule has 3 heteroatoms. The van der Waals surface area contributed by atoms with Gasteiger partial charge in [0.25, 0.3) is 0 Å². The zero-order valence-corrected chi connectivity index (χ0v) is 22.2. The first-order valence-corrected chi connectivity index (χ1v) is 13.0. The summed E-state index contributed by atoms with van der Waals surface area (Å²) in [5, 5.41) is 0. The molecule has 0 N–H and O–H groups in total. The van der Waals surface area contributed by atoms with E-state index in [-0.39, 0.29) is 31.3 Å². The molecule has 0 saturated heterocycles. The van der Waals surface area contributed by atoms with Crippen molar-refractivity contribution in [1.29, 1.82) is 0 Å². The summed E-state index contributed by atoms with van der Waals surface area (Å²) in [7, 11) is 0. The predicted molar refractivity (Wildman–Crippen MR) is 141 cm³/mol. The van der Waals surface area contributed by atoms with Crippen LogP contribution in [0.1, 0.15) is 44.5 Å². The number of rotatable bonds is 0. The van der Waals surface area contributed by atoms with Crippen molar-refractivity contribution in [1.82, 2.24) is 0 Å². The number of Topliss-reactive ketones (excluding diaryl/α,β-unsaturated/α-hetero) is 2. The average molecular weight is 575 g/mol. The molecule has 2 nitrogen and oxygen atoms in total. The van der Waals surface area contributed by atoms with E-state index in [9.17, 15) is 9.59 Å². The van der Waals surface area contributed by atoms with Gasteiger partial charge in [0.2, 0.25) is 0 Å². The molecule has 0 amide bonds. The maximum absolute atomic E-state index is 12.5. The van der Waals surface area contributed by atoms with Crippen molar-refractivity contribution in [2.24, 2.45) is 0 Å². The SMILES string of the molecule is O=C1Cc2ccccc2CC12Cc1ccccc12.O=C1Cc2ccccc2CC12Cc1ccccc12.[Pd]. The molecule has 0 aliphatic heterocycles. The Morgan fingerprint density at radius 1 is 0.405 bits per heavy atom. The van der Waals surface area contributed by atoms with Crippen molar-refractivity contribution in [2.45, 2.75) is 49.4 Å². The second kappa shape index (κ2) is 9.02. The molecule has 0 radical (unpaired) electrons. The number of ketones is 2. The van der Waals surface area contributed by atoms with Crippen LogP contribution in [0.15, 0.2) is 97.1 Å². The summed E-state index contributed by atoms with van der Waals surface area (Å²) in [6.45, 7) is 0. The molecule has 4 aliphatic carbocycles. The molecule has 0 bridgehead atoms. The average Bonchev–Trinajstić information content (AvgIpc) is 2.88. The van der Waals surface area contributed by atoms with Crippen LogP contribution in [0.3, 0.4) is 0 Å². The van der Waals surface area contributed by atoms with Crippen LogP contribution >= 0.6 is 0 Å². The molecule has 0 saturated carbocycles. The Hall–Kier alpha value is -3.12. The largest absolute Gasteiger partial charge is 0.298 e. The van der Waals surface area contributed by atoms with Crippen LogP contribution in [0.4, 0.5) is 0 Å². The van der Waals surface area contributed by atoms with E-state index in [1.54, 1.807) is 0 Å². The van der Waals surface area contributed by atoms with Crippen LogP contribution in [0.25, 0.3) is 0 Å². The topological polar surface area (TPSA) is 34.1 Å². The van der Waals surface area contributed by atoms with Gasteiger partial charge in [-0.1, -0.05) is 97.1 Å². The number of carbonyl (C=O) groups is 2. The Morgan fingerprint density at radius 2 is 0.703 bits per heavy atom. The fraction of sp³-hybridized carbons (Fsp3) is 0.235. The first-order valence-electron chi connectivity index (χ1n) is 13.0. The smallest absolute Gasteiger partial charge is 0.148 e. The molecule has 4 aromatic carbocycles. The van der Waals surface area contributed by atoms with Gasteiger partial charge in [-0.3, -0.25) is 9.59 Å². The standard InChI is InChI=1S/2C17H14O.Pd/c2*18-16-9-12-5-1-2-6-13(12)10-17(16)11-14-7-3-4-8-15(14)17;/h2*1-8H,9-11H2;. The third-order valence-electron chi connectivity index (χ3n) is 9.04. The molecule has 4 aliphatic rings. The van der Waals surface area contributed by atoms with Crippen LogP contribution in [-0.2, 0) is 79.4 Å². The van der Waals surface area contributed by atoms with Crippen molar-refractivity contribution in [3.63, 3.8) is 0 Å². The summed E-state index contributed by atoms with van der Waals surface area (Å²) >= 11 is 0. The Balaban J connectivity index is 0.000000133. The number of hydrogen-bond acceptors (Lipinski definition) is 2. The van der Waals surface area contributed by atoms with Crippen molar-refractivity contribution in [3.8, 4) is 0 Å². The zero-order chi connectivity index (χ0) is 24.3. The second-order valence-electron chi connectivity index (χ2n) is 10.9. The normalized spacial score (nSPS) is 23.7. The summed E-state index contributed by atoms with van der Waals surface area (Å²) in [4.78, 5) is 25.0. The van der Waals surface area contributed by atoms with E-state index < -0.39 is 0 Å². The van der Waals surface area contributed by atoms with Crippen LogP contribution in [0.2, 0.25) is 0 Å². The molecule has 37 heavy (non-hydrogen) atoms. The van der Waals surface area contributed by atoms with Gasteiger partial charge in [-0.15, -0.1) is 0 Å². The summed E-state index contributed by atoms with van der Waals surface area (Å²) < 4.78 is 0. The van der Waals surface area contributed by atoms with E-state index in [0.717, 1.165) is 25.7 Å². The van der Waals surface area contributed by atoms with Crippen LogP contribution in [0, 0.1) is 0 Å². The van der Waals surface area contributed by atoms with Gasteiger partial charge in [-0.25, -0.2) is 0 Å². The minimum absolute atomic E-state index is 0. The zero-order valence-electron chi connectivity index (χ0n) is 20.6. The predicted octanol–water partition coefficient (Wildman–Crippen LogP) is 5.69. The molecule has 0 fully saturated rings. The summed E-state index contributed by atoms with van der Waals surface area (Å²) in [6.07, 6.45) is 4.83. The third kappa shape index (κ3) is 3.64. The Morgan fingerprint density at radius 3 is 1.08 bits per heavy atom. The monoisotopic (exact) mass is 574 g/mol. The molecule has 2 unspecified atom stereocenters. The van der Waals surface area contributed by atoms with E-state index >= 15 is 0 Å². The molecule has 186 valence electrons. The van der Waals surface area contributed by atoms with Crippen molar-refractivity contribution in [2.75, 3.05) is 0 Å². The maximum atomic E-state index is 12.5. The minimum atomic E-state index is -0.203. The summed E-state index contributed by atoms with van der Waals surface area (Å²) in [5.41, 5.74) is 9.98. The molecule has 2 atom stereocenters. The Bertz CT molecular complexity index is 1440. The van der Waals surface area contributed by atoms with Crippen molar-refractivity contribution < 1.29 is 30.0 Å². The fourth-order valence-electron chi connectivity index (χ4n) is 7.06. The first-order chi connectivity index (χ1) is 17.6. The minimum Gasteiger partial charge on any atom is -0.298 e. The van der Waals surface area contributed by atoms with Gasteiger partial charge in [0.1, 0.15) is 11.6 Å². The van der Waals surface area contributed by atoms with Gasteiger partial charge in [-0.2, -0.15) is 0 Å². The van der Waals surface area contributed by atoms with Gasteiger partial charge in [0.15, 0.2) is 0 Å². The van der Waals surface area contributed by atoms with Crippen LogP contribution in [0.5, 0.6) is 0 Å². The Kier molecular flexibility index (Phi) is 5.91. The first kappa shape index (κ1) is 24.2. The molecular weight excluding hydrogens is 547 g/mol. The number of benzene rings is 4. The van der Waals surface area contributed by atoms with E-state index in [0.29, 0.717) is 24.4 Å². The van der Waals surface area contributed by atoms with E-state index in [1.165, 1.54) is 44.5 Å². The summed E-state index contributed by atoms with van der Waals surface area (Å²) in [6, 6.07) is 33.5. The van der Waals surface area contributed by atoms with Gasteiger partial charge in [0.05, 0.1) is 10.8 Å². The van der Waals surface area contributed by atoms with Crippen LogP contribution in [-0.4, -0.2) is 11.6 Å². The molecule has 0 aromatic heterocycles. The fourth-order valence-corrected chi connectivity index (χ4v) is 7.06. The number of fused-ring (bicyclic) bond motifs is 6.